The van der Waals surface area contributed by atoms with Crippen molar-refractivity contribution in [2.75, 3.05) is 7.05 Å². The first kappa shape index (κ1) is 16.9. The minimum absolute atomic E-state index is 0.0226. The van der Waals surface area contributed by atoms with Gasteiger partial charge in [0.05, 0.1) is 6.42 Å². The highest BCUT2D eigenvalue weighted by molar-refractivity contribution is 6.08. The van der Waals surface area contributed by atoms with E-state index >= 15 is 0 Å². The van der Waals surface area contributed by atoms with Crippen molar-refractivity contribution in [3.05, 3.63) is 41.5 Å². The van der Waals surface area contributed by atoms with Gasteiger partial charge in [0.15, 0.2) is 0 Å². The van der Waals surface area contributed by atoms with Crippen LogP contribution in [0.5, 0.6) is 0 Å². The molecule has 130 valence electrons. The number of nitrogens with one attached hydrogen (secondary N) is 2. The number of nitrogens with zero attached hydrogens (tertiary/aromatic N) is 1. The predicted molar refractivity (Wildman–Crippen MR) is 90.3 cm³/mol. The van der Waals surface area contributed by atoms with Crippen molar-refractivity contribution < 1.29 is 19.2 Å². The topological polar surface area (TPSA) is 95.6 Å². The van der Waals surface area contributed by atoms with Crippen LogP contribution < -0.4 is 10.6 Å². The summed E-state index contributed by atoms with van der Waals surface area (Å²) in [5, 5.41) is 4.79. The van der Waals surface area contributed by atoms with Gasteiger partial charge in [-0.05, 0) is 36.6 Å². The van der Waals surface area contributed by atoms with Gasteiger partial charge in [-0.25, -0.2) is 0 Å². The van der Waals surface area contributed by atoms with Gasteiger partial charge in [-0.3, -0.25) is 24.5 Å². The molecule has 1 aromatic carbocycles. The highest BCUT2D eigenvalue weighted by atomic mass is 16.2. The highest BCUT2D eigenvalue weighted by Crippen LogP contribution is 2.31. The van der Waals surface area contributed by atoms with Crippen LogP contribution >= 0.6 is 0 Å². The molecule has 7 nitrogen and oxygen atoms in total. The lowest BCUT2D eigenvalue weighted by Crippen LogP contribution is -2.45. The second-order valence-electron chi connectivity index (χ2n) is 6.14. The van der Waals surface area contributed by atoms with Gasteiger partial charge in [-0.2, -0.15) is 0 Å². The monoisotopic (exact) mass is 341 g/mol. The molecule has 0 bridgehead atoms. The van der Waals surface area contributed by atoms with Crippen LogP contribution in [0.4, 0.5) is 0 Å². The molecule has 3 rings (SSSR count). The molecular formula is C18H19N3O4. The Kier molecular flexibility index (Phi) is 4.65. The van der Waals surface area contributed by atoms with Crippen molar-refractivity contribution in [1.82, 2.24) is 15.5 Å². The Labute approximate surface area is 145 Å². The zero-order chi connectivity index (χ0) is 18.0. The fraction of sp³-hybridized carbons (Fsp3) is 0.333. The Bertz CT molecular complexity index is 750. The normalized spacial score (nSPS) is 19.8. The van der Waals surface area contributed by atoms with Crippen LogP contribution in [0.2, 0.25) is 0 Å². The van der Waals surface area contributed by atoms with E-state index in [1.807, 2.05) is 0 Å². The molecule has 2 fully saturated rings. The van der Waals surface area contributed by atoms with Crippen LogP contribution in [0.15, 0.2) is 30.3 Å². The fourth-order valence-electron chi connectivity index (χ4n) is 2.85. The van der Waals surface area contributed by atoms with Gasteiger partial charge >= 0.3 is 0 Å². The molecular weight excluding hydrogens is 322 g/mol. The lowest BCUT2D eigenvalue weighted by atomic mass is 10.1. The van der Waals surface area contributed by atoms with Crippen molar-refractivity contribution in [2.24, 2.45) is 0 Å². The largest absolute Gasteiger partial charge is 0.355 e. The maximum atomic E-state index is 12.5. The zero-order valence-corrected chi connectivity index (χ0v) is 13.8. The van der Waals surface area contributed by atoms with Gasteiger partial charge in [0, 0.05) is 24.7 Å². The van der Waals surface area contributed by atoms with Crippen LogP contribution in [-0.4, -0.2) is 47.7 Å². The Morgan fingerprint density at radius 3 is 2.40 bits per heavy atom. The molecule has 2 N–H and O–H groups in total. The van der Waals surface area contributed by atoms with Crippen molar-refractivity contribution in [3.8, 4) is 0 Å². The number of carbonyl (C=O) groups excluding carboxylic acids is 4. The summed E-state index contributed by atoms with van der Waals surface area (Å²) < 4.78 is 0. The van der Waals surface area contributed by atoms with Crippen LogP contribution in [0.25, 0.3) is 6.08 Å². The number of rotatable bonds is 5. The van der Waals surface area contributed by atoms with E-state index in [4.69, 9.17) is 0 Å². The third kappa shape index (κ3) is 3.76. The van der Waals surface area contributed by atoms with Crippen molar-refractivity contribution in [2.45, 2.75) is 31.3 Å². The fourth-order valence-corrected chi connectivity index (χ4v) is 2.85. The highest BCUT2D eigenvalue weighted by Gasteiger charge is 2.43. The molecule has 0 radical (unpaired) electrons. The zero-order valence-electron chi connectivity index (χ0n) is 13.8. The summed E-state index contributed by atoms with van der Waals surface area (Å²) in [6, 6.07) is 6.13. The molecule has 1 atom stereocenters. The number of benzene rings is 1. The number of hydrogen-bond acceptors (Lipinski definition) is 4. The average Bonchev–Trinajstić information content (AvgIpc) is 3.38. The summed E-state index contributed by atoms with van der Waals surface area (Å²) in [6.45, 7) is 0. The van der Waals surface area contributed by atoms with E-state index in [-0.39, 0.29) is 30.2 Å². The molecule has 1 aliphatic carbocycles. The standard InChI is InChI=1S/C18H19N3O4/c1-19-17(24)12-5-2-11(3-6-12)4-9-16(23)21(13-7-8-13)14-10-15(22)20-18(14)25/h2-6,9,13-14H,7-8,10H2,1H3,(H,19,24)(H,20,22,25). The van der Waals surface area contributed by atoms with E-state index in [0.717, 1.165) is 18.4 Å². The first-order valence-electron chi connectivity index (χ1n) is 8.16. The molecule has 1 saturated heterocycles. The lowest BCUT2D eigenvalue weighted by molar-refractivity contribution is -0.135. The smallest absolute Gasteiger partial charge is 0.251 e. The number of imide groups is 1. The van der Waals surface area contributed by atoms with Gasteiger partial charge in [0.25, 0.3) is 5.91 Å². The average molecular weight is 341 g/mol. The van der Waals surface area contributed by atoms with Gasteiger partial charge < -0.3 is 10.2 Å². The summed E-state index contributed by atoms with van der Waals surface area (Å²) in [4.78, 5) is 48.8. The van der Waals surface area contributed by atoms with E-state index < -0.39 is 11.9 Å². The predicted octanol–water partition coefficient (Wildman–Crippen LogP) is 0.465. The molecule has 1 saturated carbocycles. The maximum absolute atomic E-state index is 12.5. The molecule has 1 aliphatic heterocycles. The number of carbonyl (C=O) groups is 4. The number of hydrogen-bond donors (Lipinski definition) is 2. The summed E-state index contributed by atoms with van der Waals surface area (Å²) in [5.41, 5.74) is 1.30. The Morgan fingerprint density at radius 2 is 1.88 bits per heavy atom. The van der Waals surface area contributed by atoms with Gasteiger partial charge in [-0.15, -0.1) is 0 Å². The third-order valence-corrected chi connectivity index (χ3v) is 4.29. The van der Waals surface area contributed by atoms with Crippen LogP contribution in [0.3, 0.4) is 0 Å². The van der Waals surface area contributed by atoms with Crippen LogP contribution in [0, 0.1) is 0 Å². The first-order chi connectivity index (χ1) is 12.0. The second-order valence-corrected chi connectivity index (χ2v) is 6.14. The van der Waals surface area contributed by atoms with Gasteiger partial charge in [0.2, 0.25) is 17.7 Å². The lowest BCUT2D eigenvalue weighted by Gasteiger charge is -2.25. The molecule has 1 heterocycles. The third-order valence-electron chi connectivity index (χ3n) is 4.29. The minimum atomic E-state index is -0.715. The van der Waals surface area contributed by atoms with Gasteiger partial charge in [0.1, 0.15) is 6.04 Å². The second kappa shape index (κ2) is 6.88. The van der Waals surface area contributed by atoms with E-state index in [1.54, 1.807) is 37.4 Å². The molecule has 4 amide bonds. The summed E-state index contributed by atoms with van der Waals surface area (Å²) >= 11 is 0. The van der Waals surface area contributed by atoms with Crippen molar-refractivity contribution in [1.29, 1.82) is 0 Å². The Balaban J connectivity index is 1.71. The quantitative estimate of drug-likeness (QED) is 0.601. The molecule has 25 heavy (non-hydrogen) atoms. The van der Waals surface area contributed by atoms with E-state index in [0.29, 0.717) is 5.56 Å². The Hall–Kier alpha value is -2.96. The molecule has 2 aliphatic rings. The maximum Gasteiger partial charge on any atom is 0.251 e. The van der Waals surface area contributed by atoms with E-state index in [2.05, 4.69) is 10.6 Å². The first-order valence-corrected chi connectivity index (χ1v) is 8.16. The molecule has 0 spiro atoms. The van der Waals surface area contributed by atoms with Crippen molar-refractivity contribution >= 4 is 29.7 Å². The summed E-state index contributed by atoms with van der Waals surface area (Å²) in [5.74, 6) is -1.22. The Morgan fingerprint density at radius 1 is 1.20 bits per heavy atom. The minimum Gasteiger partial charge on any atom is -0.355 e. The SMILES string of the molecule is CNC(=O)c1ccc(C=CC(=O)N(C2CC2)C2CC(=O)NC2=O)cc1. The van der Waals surface area contributed by atoms with E-state index in [9.17, 15) is 19.2 Å². The summed E-state index contributed by atoms with van der Waals surface area (Å²) in [7, 11) is 1.56. The molecule has 1 unspecified atom stereocenters. The molecule has 1 aromatic rings. The summed E-state index contributed by atoms with van der Waals surface area (Å²) in [6.07, 6.45) is 4.76. The molecule has 7 heteroatoms. The van der Waals surface area contributed by atoms with E-state index in [1.165, 1.54) is 11.0 Å². The van der Waals surface area contributed by atoms with Crippen molar-refractivity contribution in [3.63, 3.8) is 0 Å². The number of amides is 4. The van der Waals surface area contributed by atoms with Crippen LogP contribution in [-0.2, 0) is 14.4 Å². The molecule has 0 aromatic heterocycles. The van der Waals surface area contributed by atoms with Gasteiger partial charge in [-0.1, -0.05) is 12.1 Å². The van der Waals surface area contributed by atoms with Crippen LogP contribution in [0.1, 0.15) is 35.2 Å².